The molecular weight excluding hydrogens is 222 g/mol. The van der Waals surface area contributed by atoms with Crippen molar-refractivity contribution in [1.82, 2.24) is 9.97 Å². The molecular formula is C15H17N3. The van der Waals surface area contributed by atoms with Gasteiger partial charge >= 0.3 is 0 Å². The van der Waals surface area contributed by atoms with Crippen LogP contribution in [-0.2, 0) is 6.42 Å². The van der Waals surface area contributed by atoms with Gasteiger partial charge in [-0.05, 0) is 50.5 Å². The Bertz CT molecular complexity index is 570. The molecule has 1 aromatic carbocycles. The molecule has 2 heterocycles. The summed E-state index contributed by atoms with van der Waals surface area (Å²) in [5.74, 6) is 0.834. The molecule has 0 aliphatic carbocycles. The highest BCUT2D eigenvalue weighted by Crippen LogP contribution is 2.27. The van der Waals surface area contributed by atoms with E-state index in [9.17, 15) is 0 Å². The van der Waals surface area contributed by atoms with Gasteiger partial charge in [0.25, 0.3) is 0 Å². The molecule has 0 saturated heterocycles. The quantitative estimate of drug-likeness (QED) is 0.831. The average molecular weight is 239 g/mol. The van der Waals surface area contributed by atoms with Gasteiger partial charge in [-0.1, -0.05) is 6.07 Å². The normalized spacial score (nSPS) is 13.9. The molecule has 0 amide bonds. The molecule has 0 saturated carbocycles. The summed E-state index contributed by atoms with van der Waals surface area (Å²) >= 11 is 0. The van der Waals surface area contributed by atoms with Gasteiger partial charge in [-0.3, -0.25) is 0 Å². The second-order valence-corrected chi connectivity index (χ2v) is 4.84. The lowest BCUT2D eigenvalue weighted by molar-refractivity contribution is 0.830. The second-order valence-electron chi connectivity index (χ2n) is 4.84. The van der Waals surface area contributed by atoms with Gasteiger partial charge in [0.2, 0.25) is 0 Å². The maximum Gasteiger partial charge on any atom is 0.126 e. The van der Waals surface area contributed by atoms with Gasteiger partial charge in [0.05, 0.1) is 5.69 Å². The molecule has 1 aromatic heterocycles. The van der Waals surface area contributed by atoms with Crippen LogP contribution >= 0.6 is 0 Å². The van der Waals surface area contributed by atoms with E-state index >= 15 is 0 Å². The molecule has 3 nitrogen and oxygen atoms in total. The van der Waals surface area contributed by atoms with Crippen molar-refractivity contribution in [2.75, 3.05) is 11.9 Å². The van der Waals surface area contributed by atoms with Gasteiger partial charge in [0.15, 0.2) is 0 Å². The molecule has 92 valence electrons. The van der Waals surface area contributed by atoms with Crippen LogP contribution in [0.5, 0.6) is 0 Å². The lowest BCUT2D eigenvalue weighted by atomic mass is 9.99. The van der Waals surface area contributed by atoms with Crippen LogP contribution in [0.1, 0.15) is 23.5 Å². The predicted octanol–water partition coefficient (Wildman–Crippen LogP) is 3.12. The first-order valence-corrected chi connectivity index (χ1v) is 6.42. The molecule has 18 heavy (non-hydrogen) atoms. The van der Waals surface area contributed by atoms with Crippen LogP contribution in [-0.4, -0.2) is 16.5 Å². The van der Waals surface area contributed by atoms with Crippen LogP contribution in [0.15, 0.2) is 24.3 Å². The minimum Gasteiger partial charge on any atom is -0.385 e. The van der Waals surface area contributed by atoms with Gasteiger partial charge in [-0.2, -0.15) is 0 Å². The lowest BCUT2D eigenvalue weighted by Crippen LogP contribution is -2.11. The van der Waals surface area contributed by atoms with Crippen molar-refractivity contribution in [3.05, 3.63) is 41.3 Å². The first-order valence-electron chi connectivity index (χ1n) is 6.42. The number of fused-ring (bicyclic) bond motifs is 1. The Morgan fingerprint density at radius 3 is 2.83 bits per heavy atom. The molecule has 3 rings (SSSR count). The van der Waals surface area contributed by atoms with Crippen LogP contribution in [0.3, 0.4) is 0 Å². The van der Waals surface area contributed by atoms with E-state index in [-0.39, 0.29) is 0 Å². The molecule has 2 aromatic rings. The summed E-state index contributed by atoms with van der Waals surface area (Å²) in [6, 6.07) is 8.60. The van der Waals surface area contributed by atoms with E-state index < -0.39 is 0 Å². The monoisotopic (exact) mass is 239 g/mol. The summed E-state index contributed by atoms with van der Waals surface area (Å²) in [6.07, 6.45) is 2.36. The third-order valence-corrected chi connectivity index (χ3v) is 3.31. The molecule has 0 spiro atoms. The number of aryl methyl sites for hydroxylation is 3. The zero-order valence-electron chi connectivity index (χ0n) is 10.8. The number of hydrogen-bond acceptors (Lipinski definition) is 3. The number of nitrogens with zero attached hydrogens (tertiary/aromatic N) is 2. The smallest absolute Gasteiger partial charge is 0.126 e. The van der Waals surface area contributed by atoms with Crippen molar-refractivity contribution >= 4 is 5.69 Å². The third-order valence-electron chi connectivity index (χ3n) is 3.31. The Morgan fingerprint density at radius 1 is 1.11 bits per heavy atom. The lowest BCUT2D eigenvalue weighted by Gasteiger charge is -2.18. The number of benzene rings is 1. The number of nitrogens with one attached hydrogen (secondary N) is 1. The van der Waals surface area contributed by atoms with Crippen molar-refractivity contribution in [2.45, 2.75) is 26.7 Å². The highest BCUT2D eigenvalue weighted by atomic mass is 14.9. The molecule has 0 radical (unpaired) electrons. The summed E-state index contributed by atoms with van der Waals surface area (Å²) in [5, 5.41) is 3.43. The van der Waals surface area contributed by atoms with Crippen LogP contribution in [0.25, 0.3) is 11.3 Å². The SMILES string of the molecule is Cc1cc(-c2ccc3c(c2)CCCN3)nc(C)n1. The molecule has 0 fully saturated rings. The summed E-state index contributed by atoms with van der Waals surface area (Å²) < 4.78 is 0. The Hall–Kier alpha value is -1.90. The fraction of sp³-hybridized carbons (Fsp3) is 0.333. The summed E-state index contributed by atoms with van der Waals surface area (Å²) in [6.45, 7) is 5.03. The van der Waals surface area contributed by atoms with Crippen molar-refractivity contribution in [3.8, 4) is 11.3 Å². The number of rotatable bonds is 1. The minimum atomic E-state index is 0.834. The van der Waals surface area contributed by atoms with Gasteiger partial charge in [0.1, 0.15) is 5.82 Å². The standard InChI is InChI=1S/C15H17N3/c1-10-8-15(18-11(2)17-10)13-5-6-14-12(9-13)4-3-7-16-14/h5-6,8-9,16H,3-4,7H2,1-2H3. The fourth-order valence-corrected chi connectivity index (χ4v) is 2.50. The van der Waals surface area contributed by atoms with Crippen molar-refractivity contribution < 1.29 is 0 Å². The van der Waals surface area contributed by atoms with Crippen LogP contribution in [0, 0.1) is 13.8 Å². The molecule has 1 aliphatic rings. The summed E-state index contributed by atoms with van der Waals surface area (Å²) in [5.41, 5.74) is 5.90. The molecule has 3 heteroatoms. The van der Waals surface area contributed by atoms with E-state index in [2.05, 4.69) is 33.5 Å². The third kappa shape index (κ3) is 2.08. The highest BCUT2D eigenvalue weighted by Gasteiger charge is 2.10. The van der Waals surface area contributed by atoms with E-state index in [1.54, 1.807) is 0 Å². The first kappa shape index (κ1) is 11.2. The molecule has 0 atom stereocenters. The fourth-order valence-electron chi connectivity index (χ4n) is 2.50. The Balaban J connectivity index is 2.06. The summed E-state index contributed by atoms with van der Waals surface area (Å²) in [7, 11) is 0. The van der Waals surface area contributed by atoms with Crippen LogP contribution in [0.2, 0.25) is 0 Å². The number of hydrogen-bond donors (Lipinski definition) is 1. The van der Waals surface area contributed by atoms with Gasteiger partial charge < -0.3 is 5.32 Å². The van der Waals surface area contributed by atoms with Crippen LogP contribution in [0.4, 0.5) is 5.69 Å². The maximum absolute atomic E-state index is 4.52. The molecule has 0 bridgehead atoms. The average Bonchev–Trinajstić information content (AvgIpc) is 2.37. The van der Waals surface area contributed by atoms with E-state index in [0.717, 1.165) is 30.2 Å². The Labute approximate surface area is 107 Å². The molecule has 1 N–H and O–H groups in total. The van der Waals surface area contributed by atoms with Crippen molar-refractivity contribution in [1.29, 1.82) is 0 Å². The second kappa shape index (κ2) is 4.41. The Kier molecular flexibility index (Phi) is 2.74. The van der Waals surface area contributed by atoms with E-state index in [4.69, 9.17) is 0 Å². The molecule has 0 unspecified atom stereocenters. The van der Waals surface area contributed by atoms with E-state index in [1.807, 2.05) is 19.9 Å². The zero-order chi connectivity index (χ0) is 12.5. The van der Waals surface area contributed by atoms with Gasteiger partial charge in [-0.15, -0.1) is 0 Å². The number of aromatic nitrogens is 2. The highest BCUT2D eigenvalue weighted by molar-refractivity contribution is 5.66. The van der Waals surface area contributed by atoms with Gasteiger partial charge in [-0.25, -0.2) is 9.97 Å². The number of anilines is 1. The topological polar surface area (TPSA) is 37.8 Å². The maximum atomic E-state index is 4.52. The largest absolute Gasteiger partial charge is 0.385 e. The molecule has 1 aliphatic heterocycles. The summed E-state index contributed by atoms with van der Waals surface area (Å²) in [4.78, 5) is 8.85. The van der Waals surface area contributed by atoms with Crippen molar-refractivity contribution in [2.24, 2.45) is 0 Å². The Morgan fingerprint density at radius 2 is 2.00 bits per heavy atom. The van der Waals surface area contributed by atoms with Gasteiger partial charge in [0, 0.05) is 23.5 Å². The van der Waals surface area contributed by atoms with Crippen molar-refractivity contribution in [3.63, 3.8) is 0 Å². The zero-order valence-corrected chi connectivity index (χ0v) is 10.8. The predicted molar refractivity (Wildman–Crippen MR) is 73.8 cm³/mol. The van der Waals surface area contributed by atoms with E-state index in [1.165, 1.54) is 23.2 Å². The van der Waals surface area contributed by atoms with Crippen LogP contribution < -0.4 is 5.32 Å². The minimum absolute atomic E-state index is 0.834. The van der Waals surface area contributed by atoms with E-state index in [0.29, 0.717) is 0 Å². The first-order chi connectivity index (χ1) is 8.72.